The van der Waals surface area contributed by atoms with Gasteiger partial charge in [0.25, 0.3) is 0 Å². The predicted molar refractivity (Wildman–Crippen MR) is 82.3 cm³/mol. The third-order valence-corrected chi connectivity index (χ3v) is 2.84. The van der Waals surface area contributed by atoms with E-state index in [4.69, 9.17) is 20.9 Å². The Kier molecular flexibility index (Phi) is 4.98. The number of anilines is 2. The summed E-state index contributed by atoms with van der Waals surface area (Å²) in [6.45, 7) is -0.0478. The van der Waals surface area contributed by atoms with E-state index in [1.54, 1.807) is 48.5 Å². The lowest BCUT2D eigenvalue weighted by atomic mass is 10.2. The maximum Gasteiger partial charge on any atom is 0.338 e. The van der Waals surface area contributed by atoms with Gasteiger partial charge in [0.1, 0.15) is 13.2 Å². The van der Waals surface area contributed by atoms with Gasteiger partial charge in [0.2, 0.25) is 0 Å². The number of carbonyl (C=O) groups excluding carboxylic acids is 2. The van der Waals surface area contributed by atoms with Gasteiger partial charge in [-0.2, -0.15) is 0 Å². The van der Waals surface area contributed by atoms with E-state index in [1.807, 2.05) is 0 Å². The van der Waals surface area contributed by atoms with E-state index in [-0.39, 0.29) is 13.2 Å². The number of hydrogen-bond acceptors (Lipinski definition) is 6. The van der Waals surface area contributed by atoms with Gasteiger partial charge in [0, 0.05) is 11.4 Å². The van der Waals surface area contributed by atoms with Crippen molar-refractivity contribution < 1.29 is 19.1 Å². The highest BCUT2D eigenvalue weighted by molar-refractivity contribution is 5.90. The molecule has 0 unspecified atom stereocenters. The second-order valence-corrected chi connectivity index (χ2v) is 4.52. The van der Waals surface area contributed by atoms with Gasteiger partial charge in [-0.15, -0.1) is 0 Å². The van der Waals surface area contributed by atoms with Crippen LogP contribution in [0.25, 0.3) is 0 Å². The first kappa shape index (κ1) is 15.4. The Morgan fingerprint density at radius 1 is 0.682 bits per heavy atom. The van der Waals surface area contributed by atoms with Crippen LogP contribution in [0.1, 0.15) is 20.7 Å². The summed E-state index contributed by atoms with van der Waals surface area (Å²) in [5.74, 6) is -0.993. The third-order valence-electron chi connectivity index (χ3n) is 2.84. The van der Waals surface area contributed by atoms with Crippen LogP contribution in [-0.2, 0) is 9.47 Å². The van der Waals surface area contributed by atoms with Crippen molar-refractivity contribution in [1.29, 1.82) is 0 Å². The minimum atomic E-state index is -0.497. The van der Waals surface area contributed by atoms with Gasteiger partial charge < -0.3 is 20.9 Å². The molecule has 0 saturated heterocycles. The normalized spacial score (nSPS) is 10.0. The molecule has 0 saturated carbocycles. The zero-order valence-electron chi connectivity index (χ0n) is 11.8. The first-order valence-electron chi connectivity index (χ1n) is 6.61. The number of carbonyl (C=O) groups is 2. The van der Waals surface area contributed by atoms with Gasteiger partial charge in [0.15, 0.2) is 0 Å². The van der Waals surface area contributed by atoms with Gasteiger partial charge in [-0.25, -0.2) is 9.59 Å². The van der Waals surface area contributed by atoms with Crippen LogP contribution in [-0.4, -0.2) is 25.2 Å². The smallest absolute Gasteiger partial charge is 0.338 e. The van der Waals surface area contributed by atoms with Crippen molar-refractivity contribution in [2.75, 3.05) is 24.7 Å². The van der Waals surface area contributed by atoms with Crippen LogP contribution >= 0.6 is 0 Å². The van der Waals surface area contributed by atoms with Crippen molar-refractivity contribution in [3.63, 3.8) is 0 Å². The Balaban J connectivity index is 1.74. The van der Waals surface area contributed by atoms with Crippen molar-refractivity contribution in [2.24, 2.45) is 0 Å². The molecule has 4 N–H and O–H groups in total. The first-order valence-corrected chi connectivity index (χ1v) is 6.61. The Hall–Kier alpha value is -3.02. The van der Waals surface area contributed by atoms with Crippen LogP contribution in [0, 0.1) is 0 Å². The minimum absolute atomic E-state index is 0.0239. The summed E-state index contributed by atoms with van der Waals surface area (Å²) in [5.41, 5.74) is 13.0. The molecule has 2 rings (SSSR count). The van der Waals surface area contributed by atoms with E-state index in [0.717, 1.165) is 0 Å². The van der Waals surface area contributed by atoms with Crippen LogP contribution < -0.4 is 11.5 Å². The zero-order chi connectivity index (χ0) is 15.9. The Morgan fingerprint density at radius 3 is 1.32 bits per heavy atom. The highest BCUT2D eigenvalue weighted by Crippen LogP contribution is 2.08. The molecule has 0 aromatic heterocycles. The van der Waals surface area contributed by atoms with E-state index in [2.05, 4.69) is 0 Å². The van der Waals surface area contributed by atoms with Crippen molar-refractivity contribution in [2.45, 2.75) is 0 Å². The third kappa shape index (κ3) is 4.24. The van der Waals surface area contributed by atoms with Crippen molar-refractivity contribution in [3.05, 3.63) is 59.7 Å². The molecule has 0 aliphatic carbocycles. The van der Waals surface area contributed by atoms with E-state index >= 15 is 0 Å². The summed E-state index contributed by atoms with van der Waals surface area (Å²) < 4.78 is 9.99. The molecule has 0 heterocycles. The molecule has 22 heavy (non-hydrogen) atoms. The Labute approximate surface area is 127 Å². The maximum absolute atomic E-state index is 11.7. The number of benzene rings is 2. The molecule has 114 valence electrons. The number of nitrogens with two attached hydrogens (primary N) is 2. The fourth-order valence-corrected chi connectivity index (χ4v) is 1.67. The lowest BCUT2D eigenvalue weighted by Gasteiger charge is -2.07. The average molecular weight is 300 g/mol. The fourth-order valence-electron chi connectivity index (χ4n) is 1.67. The molecule has 2 aromatic carbocycles. The van der Waals surface area contributed by atoms with Crippen molar-refractivity contribution >= 4 is 23.3 Å². The van der Waals surface area contributed by atoms with Crippen LogP contribution in [0.3, 0.4) is 0 Å². The maximum atomic E-state index is 11.7. The number of esters is 2. The molecule has 0 aliphatic rings. The zero-order valence-corrected chi connectivity index (χ0v) is 11.8. The highest BCUT2D eigenvalue weighted by atomic mass is 16.6. The summed E-state index contributed by atoms with van der Waals surface area (Å²) in [7, 11) is 0. The molecule has 0 amide bonds. The standard InChI is InChI=1S/C16H16N2O4/c17-13-5-1-11(2-6-13)15(19)21-9-10-22-16(20)12-3-7-14(18)8-4-12/h1-8H,9-10,17-18H2. The lowest BCUT2D eigenvalue weighted by Crippen LogP contribution is -2.14. The van der Waals surface area contributed by atoms with Crippen LogP contribution in [0.5, 0.6) is 0 Å². The SMILES string of the molecule is Nc1ccc(C(=O)OCCOC(=O)c2ccc(N)cc2)cc1. The molecule has 0 aliphatic heterocycles. The molecular weight excluding hydrogens is 284 g/mol. The topological polar surface area (TPSA) is 105 Å². The first-order chi connectivity index (χ1) is 10.6. The fraction of sp³-hybridized carbons (Fsp3) is 0.125. The molecule has 0 spiro atoms. The largest absolute Gasteiger partial charge is 0.458 e. The predicted octanol–water partition coefficient (Wildman–Crippen LogP) is 1.86. The molecule has 0 bridgehead atoms. The average Bonchev–Trinajstić information content (AvgIpc) is 2.52. The van der Waals surface area contributed by atoms with Crippen LogP contribution in [0.2, 0.25) is 0 Å². The summed E-state index contributed by atoms with van der Waals surface area (Å²) in [6.07, 6.45) is 0. The van der Waals surface area contributed by atoms with Gasteiger partial charge >= 0.3 is 11.9 Å². The van der Waals surface area contributed by atoms with Gasteiger partial charge in [-0.1, -0.05) is 0 Å². The van der Waals surface area contributed by atoms with E-state index in [1.165, 1.54) is 0 Å². The molecule has 0 radical (unpaired) electrons. The molecule has 6 nitrogen and oxygen atoms in total. The number of rotatable bonds is 5. The summed E-state index contributed by atoms with van der Waals surface area (Å²) in [4.78, 5) is 23.4. The number of nitrogen functional groups attached to an aromatic ring is 2. The van der Waals surface area contributed by atoms with Gasteiger partial charge in [0.05, 0.1) is 11.1 Å². The molecule has 0 atom stereocenters. The molecular formula is C16H16N2O4. The van der Waals surface area contributed by atoms with Crippen molar-refractivity contribution in [1.82, 2.24) is 0 Å². The number of ether oxygens (including phenoxy) is 2. The van der Waals surface area contributed by atoms with Crippen molar-refractivity contribution in [3.8, 4) is 0 Å². The second kappa shape index (κ2) is 7.12. The summed E-state index contributed by atoms with van der Waals surface area (Å²) in [5, 5.41) is 0. The van der Waals surface area contributed by atoms with Gasteiger partial charge in [-0.05, 0) is 48.5 Å². The van der Waals surface area contributed by atoms with Crippen LogP contribution in [0.4, 0.5) is 11.4 Å². The van der Waals surface area contributed by atoms with Gasteiger partial charge in [-0.3, -0.25) is 0 Å². The van der Waals surface area contributed by atoms with Crippen LogP contribution in [0.15, 0.2) is 48.5 Å². The van der Waals surface area contributed by atoms with E-state index in [0.29, 0.717) is 22.5 Å². The second-order valence-electron chi connectivity index (χ2n) is 4.52. The lowest BCUT2D eigenvalue weighted by molar-refractivity contribution is 0.0265. The Bertz CT molecular complexity index is 591. The molecule has 0 fully saturated rings. The summed E-state index contributed by atoms with van der Waals surface area (Å²) >= 11 is 0. The quantitative estimate of drug-likeness (QED) is 0.496. The Morgan fingerprint density at radius 2 is 1.00 bits per heavy atom. The monoisotopic (exact) mass is 300 g/mol. The van der Waals surface area contributed by atoms with E-state index in [9.17, 15) is 9.59 Å². The summed E-state index contributed by atoms with van der Waals surface area (Å²) in [6, 6.07) is 12.7. The highest BCUT2D eigenvalue weighted by Gasteiger charge is 2.09. The molecule has 6 heteroatoms. The number of hydrogen-bond donors (Lipinski definition) is 2. The molecule has 2 aromatic rings. The minimum Gasteiger partial charge on any atom is -0.458 e. The van der Waals surface area contributed by atoms with E-state index < -0.39 is 11.9 Å².